The molecule has 0 unspecified atom stereocenters. The molecule has 0 saturated heterocycles. The van der Waals surface area contributed by atoms with E-state index in [0.29, 0.717) is 16.9 Å². The molecule has 0 atom stereocenters. The van der Waals surface area contributed by atoms with Gasteiger partial charge in [0.2, 0.25) is 0 Å². The lowest BCUT2D eigenvalue weighted by Crippen LogP contribution is -2.11. The minimum atomic E-state index is -0.286. The summed E-state index contributed by atoms with van der Waals surface area (Å²) >= 11 is 0. The molecule has 86 valence electrons. The van der Waals surface area contributed by atoms with Gasteiger partial charge in [0.1, 0.15) is 5.75 Å². The van der Waals surface area contributed by atoms with E-state index >= 15 is 0 Å². The summed E-state index contributed by atoms with van der Waals surface area (Å²) in [7, 11) is 0. The van der Waals surface area contributed by atoms with Crippen molar-refractivity contribution in [2.24, 2.45) is 0 Å². The van der Waals surface area contributed by atoms with Crippen LogP contribution in [0.15, 0.2) is 48.5 Å². The van der Waals surface area contributed by atoms with E-state index in [-0.39, 0.29) is 11.7 Å². The zero-order chi connectivity index (χ0) is 12.3. The molecule has 2 aromatic carbocycles. The van der Waals surface area contributed by atoms with Gasteiger partial charge in [0.05, 0.1) is 5.69 Å². The fourth-order valence-corrected chi connectivity index (χ4v) is 1.41. The Kier molecular flexibility index (Phi) is 2.96. The Labute approximate surface area is 98.7 Å². The minimum Gasteiger partial charge on any atom is -0.506 e. The standard InChI is InChI=1S/C13H12N2O2/c14-10-7-5-9(6-8-10)13(17)15-11-3-1-2-4-12(11)16/h1-8,16H,14H2,(H,15,17). The molecule has 0 heterocycles. The smallest absolute Gasteiger partial charge is 0.255 e. The summed E-state index contributed by atoms with van der Waals surface area (Å²) in [6.45, 7) is 0. The molecule has 4 N–H and O–H groups in total. The maximum absolute atomic E-state index is 11.8. The van der Waals surface area contributed by atoms with E-state index in [1.807, 2.05) is 0 Å². The fourth-order valence-electron chi connectivity index (χ4n) is 1.41. The highest BCUT2D eigenvalue weighted by Gasteiger charge is 2.07. The largest absolute Gasteiger partial charge is 0.506 e. The second-order valence-corrected chi connectivity index (χ2v) is 3.59. The Morgan fingerprint density at radius 2 is 1.71 bits per heavy atom. The van der Waals surface area contributed by atoms with Crippen LogP contribution in [-0.4, -0.2) is 11.0 Å². The van der Waals surface area contributed by atoms with Crippen molar-refractivity contribution in [3.8, 4) is 5.75 Å². The number of benzene rings is 2. The first-order chi connectivity index (χ1) is 8.16. The Balaban J connectivity index is 2.17. The van der Waals surface area contributed by atoms with Crippen LogP contribution in [0.5, 0.6) is 5.75 Å². The molecule has 0 spiro atoms. The lowest BCUT2D eigenvalue weighted by atomic mass is 10.2. The van der Waals surface area contributed by atoms with Gasteiger partial charge in [-0.1, -0.05) is 12.1 Å². The summed E-state index contributed by atoms with van der Waals surface area (Å²) in [6.07, 6.45) is 0. The molecule has 0 aliphatic heterocycles. The number of nitrogens with two attached hydrogens (primary N) is 1. The van der Waals surface area contributed by atoms with Crippen LogP contribution in [0.1, 0.15) is 10.4 Å². The molecular weight excluding hydrogens is 216 g/mol. The molecule has 0 aromatic heterocycles. The second kappa shape index (κ2) is 4.57. The summed E-state index contributed by atoms with van der Waals surface area (Å²) in [5, 5.41) is 12.1. The average molecular weight is 228 g/mol. The van der Waals surface area contributed by atoms with Crippen LogP contribution in [0.4, 0.5) is 11.4 Å². The van der Waals surface area contributed by atoms with Crippen LogP contribution in [0, 0.1) is 0 Å². The fraction of sp³-hybridized carbons (Fsp3) is 0. The van der Waals surface area contributed by atoms with Crippen molar-refractivity contribution in [1.29, 1.82) is 0 Å². The summed E-state index contributed by atoms with van der Waals surface area (Å²) in [5.41, 5.74) is 7.00. The highest BCUT2D eigenvalue weighted by atomic mass is 16.3. The first-order valence-electron chi connectivity index (χ1n) is 5.12. The number of aromatic hydroxyl groups is 1. The quantitative estimate of drug-likeness (QED) is 0.545. The van der Waals surface area contributed by atoms with Crippen LogP contribution in [0.3, 0.4) is 0 Å². The maximum atomic E-state index is 11.8. The van der Waals surface area contributed by atoms with Gasteiger partial charge in [0.25, 0.3) is 5.91 Å². The van der Waals surface area contributed by atoms with Crippen molar-refractivity contribution in [2.75, 3.05) is 11.1 Å². The van der Waals surface area contributed by atoms with Gasteiger partial charge in [-0.25, -0.2) is 0 Å². The molecule has 1 amide bonds. The predicted molar refractivity (Wildman–Crippen MR) is 66.9 cm³/mol. The van der Waals surface area contributed by atoms with Gasteiger partial charge in [0.15, 0.2) is 0 Å². The number of rotatable bonds is 2. The van der Waals surface area contributed by atoms with E-state index in [0.717, 1.165) is 0 Å². The highest BCUT2D eigenvalue weighted by Crippen LogP contribution is 2.22. The molecule has 2 rings (SSSR count). The SMILES string of the molecule is Nc1ccc(C(=O)Nc2ccccc2O)cc1. The third-order valence-corrected chi connectivity index (χ3v) is 2.33. The summed E-state index contributed by atoms with van der Waals surface area (Å²) in [4.78, 5) is 11.8. The van der Waals surface area contributed by atoms with E-state index in [1.54, 1.807) is 42.5 Å². The number of nitrogens with one attached hydrogen (secondary N) is 1. The number of anilines is 2. The molecule has 2 aromatic rings. The molecule has 0 radical (unpaired) electrons. The lowest BCUT2D eigenvalue weighted by molar-refractivity contribution is 0.102. The number of amides is 1. The van der Waals surface area contributed by atoms with Gasteiger partial charge in [-0.05, 0) is 36.4 Å². The number of hydrogen-bond donors (Lipinski definition) is 3. The number of para-hydroxylation sites is 2. The zero-order valence-corrected chi connectivity index (χ0v) is 9.05. The van der Waals surface area contributed by atoms with Crippen LogP contribution in [0.25, 0.3) is 0 Å². The Morgan fingerprint density at radius 3 is 2.35 bits per heavy atom. The third kappa shape index (κ3) is 2.55. The van der Waals surface area contributed by atoms with Crippen molar-refractivity contribution in [3.63, 3.8) is 0 Å². The van der Waals surface area contributed by atoms with Gasteiger partial charge < -0.3 is 16.2 Å². The van der Waals surface area contributed by atoms with Crippen LogP contribution in [-0.2, 0) is 0 Å². The first-order valence-corrected chi connectivity index (χ1v) is 5.12. The molecule has 0 bridgehead atoms. The second-order valence-electron chi connectivity index (χ2n) is 3.59. The number of phenols is 1. The number of hydrogen-bond acceptors (Lipinski definition) is 3. The van der Waals surface area contributed by atoms with E-state index in [9.17, 15) is 9.90 Å². The minimum absolute atomic E-state index is 0.0382. The normalized spacial score (nSPS) is 9.88. The molecular formula is C13H12N2O2. The highest BCUT2D eigenvalue weighted by molar-refractivity contribution is 6.05. The predicted octanol–water partition coefficient (Wildman–Crippen LogP) is 2.23. The molecule has 0 aliphatic rings. The average Bonchev–Trinajstić information content (AvgIpc) is 2.33. The van der Waals surface area contributed by atoms with Crippen LogP contribution < -0.4 is 11.1 Å². The van der Waals surface area contributed by atoms with Gasteiger partial charge in [-0.3, -0.25) is 4.79 Å². The van der Waals surface area contributed by atoms with Crippen molar-refractivity contribution in [2.45, 2.75) is 0 Å². The molecule has 0 saturated carbocycles. The number of carbonyl (C=O) groups is 1. The van der Waals surface area contributed by atoms with Gasteiger partial charge in [-0.15, -0.1) is 0 Å². The molecule has 0 fully saturated rings. The van der Waals surface area contributed by atoms with Crippen LogP contribution in [0.2, 0.25) is 0 Å². The van der Waals surface area contributed by atoms with Gasteiger partial charge in [0, 0.05) is 11.3 Å². The first kappa shape index (κ1) is 11.0. The van der Waals surface area contributed by atoms with E-state index in [1.165, 1.54) is 6.07 Å². The molecule has 4 nitrogen and oxygen atoms in total. The van der Waals surface area contributed by atoms with Gasteiger partial charge >= 0.3 is 0 Å². The summed E-state index contributed by atoms with van der Waals surface area (Å²) in [5.74, 6) is -0.247. The third-order valence-electron chi connectivity index (χ3n) is 2.33. The van der Waals surface area contributed by atoms with E-state index in [4.69, 9.17) is 5.73 Å². The Morgan fingerprint density at radius 1 is 1.06 bits per heavy atom. The Bertz CT molecular complexity index is 535. The number of carbonyl (C=O) groups excluding carboxylic acids is 1. The zero-order valence-electron chi connectivity index (χ0n) is 9.05. The van der Waals surface area contributed by atoms with Crippen molar-refractivity contribution < 1.29 is 9.90 Å². The lowest BCUT2D eigenvalue weighted by Gasteiger charge is -2.06. The van der Waals surface area contributed by atoms with E-state index < -0.39 is 0 Å². The van der Waals surface area contributed by atoms with Crippen molar-refractivity contribution in [1.82, 2.24) is 0 Å². The van der Waals surface area contributed by atoms with Crippen molar-refractivity contribution in [3.05, 3.63) is 54.1 Å². The monoisotopic (exact) mass is 228 g/mol. The van der Waals surface area contributed by atoms with Gasteiger partial charge in [-0.2, -0.15) is 0 Å². The van der Waals surface area contributed by atoms with Crippen molar-refractivity contribution >= 4 is 17.3 Å². The molecule has 0 aliphatic carbocycles. The maximum Gasteiger partial charge on any atom is 0.255 e. The van der Waals surface area contributed by atoms with Crippen LogP contribution >= 0.6 is 0 Å². The summed E-state index contributed by atoms with van der Waals surface area (Å²) < 4.78 is 0. The topological polar surface area (TPSA) is 75.4 Å². The number of nitrogen functional groups attached to an aromatic ring is 1. The van der Waals surface area contributed by atoms with E-state index in [2.05, 4.69) is 5.32 Å². The Hall–Kier alpha value is -2.49. The molecule has 4 heteroatoms. The molecule has 17 heavy (non-hydrogen) atoms. The summed E-state index contributed by atoms with van der Waals surface area (Å²) in [6, 6.07) is 13.1. The number of phenolic OH excluding ortho intramolecular Hbond substituents is 1.